The lowest BCUT2D eigenvalue weighted by Gasteiger charge is -2.36. The van der Waals surface area contributed by atoms with E-state index in [9.17, 15) is 8.42 Å². The van der Waals surface area contributed by atoms with Gasteiger partial charge < -0.3 is 4.43 Å². The Morgan fingerprint density at radius 2 is 1.73 bits per heavy atom. The standard InChI is InChI=1S/C17H28O3SSi/c1-17(2,3)22(4,5)20-14-10-7-11-15-21(18,19)16-12-8-6-9-13-16/h6,8-9,11-13,15H,7,10,14H2,1-5H3/b15-11+. The van der Waals surface area contributed by atoms with Crippen LogP contribution in [-0.2, 0) is 14.3 Å². The van der Waals surface area contributed by atoms with Gasteiger partial charge >= 0.3 is 0 Å². The first-order valence-electron chi connectivity index (χ1n) is 7.67. The highest BCUT2D eigenvalue weighted by atomic mass is 32.2. The minimum atomic E-state index is -3.31. The van der Waals surface area contributed by atoms with Crippen molar-refractivity contribution in [3.8, 4) is 0 Å². The maximum atomic E-state index is 12.0. The van der Waals surface area contributed by atoms with E-state index in [1.165, 1.54) is 5.41 Å². The Bertz CT molecular complexity index is 584. The minimum Gasteiger partial charge on any atom is -0.417 e. The molecule has 124 valence electrons. The van der Waals surface area contributed by atoms with Gasteiger partial charge in [0.15, 0.2) is 18.2 Å². The molecule has 0 heterocycles. The van der Waals surface area contributed by atoms with Gasteiger partial charge in [-0.2, -0.15) is 0 Å². The Labute approximate surface area is 136 Å². The molecular formula is C17H28O3SSi. The molecule has 0 saturated carbocycles. The van der Waals surface area contributed by atoms with Gasteiger partial charge in [-0.15, -0.1) is 0 Å². The van der Waals surface area contributed by atoms with Crippen LogP contribution in [0.4, 0.5) is 0 Å². The summed E-state index contributed by atoms with van der Waals surface area (Å²) in [5.74, 6) is 0. The lowest BCUT2D eigenvalue weighted by Crippen LogP contribution is -2.40. The second kappa shape index (κ2) is 7.57. The molecular weight excluding hydrogens is 312 g/mol. The molecule has 0 amide bonds. The van der Waals surface area contributed by atoms with Crippen molar-refractivity contribution in [3.05, 3.63) is 41.8 Å². The summed E-state index contributed by atoms with van der Waals surface area (Å²) >= 11 is 0. The number of hydrogen-bond acceptors (Lipinski definition) is 3. The molecule has 0 atom stereocenters. The van der Waals surface area contributed by atoms with Crippen LogP contribution in [0.1, 0.15) is 33.6 Å². The zero-order valence-electron chi connectivity index (χ0n) is 14.3. The summed E-state index contributed by atoms with van der Waals surface area (Å²) in [6.45, 7) is 11.8. The number of allylic oxidation sites excluding steroid dienone is 1. The summed E-state index contributed by atoms with van der Waals surface area (Å²) in [5, 5.41) is 1.51. The zero-order valence-corrected chi connectivity index (χ0v) is 16.1. The fourth-order valence-corrected chi connectivity index (χ4v) is 3.80. The summed E-state index contributed by atoms with van der Waals surface area (Å²) in [7, 11) is -5.01. The fourth-order valence-electron chi connectivity index (χ4n) is 1.63. The second-order valence-corrected chi connectivity index (χ2v) is 13.6. The Hall–Kier alpha value is -0.913. The molecule has 0 aliphatic carbocycles. The van der Waals surface area contributed by atoms with E-state index in [0.29, 0.717) is 17.9 Å². The first-order chi connectivity index (χ1) is 10.1. The third kappa shape index (κ3) is 5.70. The number of sulfone groups is 1. The molecule has 0 N–H and O–H groups in total. The van der Waals surface area contributed by atoms with Gasteiger partial charge in [-0.05, 0) is 43.1 Å². The van der Waals surface area contributed by atoms with Crippen LogP contribution in [0.15, 0.2) is 46.7 Å². The van der Waals surface area contributed by atoms with Crippen molar-refractivity contribution in [3.63, 3.8) is 0 Å². The molecule has 5 heteroatoms. The first kappa shape index (κ1) is 19.1. The fraction of sp³-hybridized carbons (Fsp3) is 0.529. The third-order valence-corrected chi connectivity index (χ3v) is 10.1. The van der Waals surface area contributed by atoms with E-state index < -0.39 is 18.2 Å². The van der Waals surface area contributed by atoms with E-state index in [0.717, 1.165) is 6.42 Å². The van der Waals surface area contributed by atoms with Gasteiger partial charge in [-0.25, -0.2) is 8.42 Å². The van der Waals surface area contributed by atoms with E-state index >= 15 is 0 Å². The maximum absolute atomic E-state index is 12.0. The van der Waals surface area contributed by atoms with Crippen LogP contribution in [0.5, 0.6) is 0 Å². The Kier molecular flexibility index (Phi) is 6.59. The van der Waals surface area contributed by atoms with Gasteiger partial charge in [0.05, 0.1) is 4.90 Å². The third-order valence-electron chi connectivity index (χ3n) is 4.13. The van der Waals surface area contributed by atoms with Gasteiger partial charge in [0.1, 0.15) is 0 Å². The highest BCUT2D eigenvalue weighted by Gasteiger charge is 2.36. The van der Waals surface area contributed by atoms with Crippen LogP contribution < -0.4 is 0 Å². The van der Waals surface area contributed by atoms with Crippen LogP contribution in [0.3, 0.4) is 0 Å². The molecule has 0 aliphatic heterocycles. The Balaban J connectivity index is 2.42. The Morgan fingerprint density at radius 1 is 1.14 bits per heavy atom. The van der Waals surface area contributed by atoms with Crippen LogP contribution in [-0.4, -0.2) is 23.3 Å². The lowest BCUT2D eigenvalue weighted by molar-refractivity contribution is 0.283. The highest BCUT2D eigenvalue weighted by molar-refractivity contribution is 7.94. The number of unbranched alkanes of at least 4 members (excludes halogenated alkanes) is 1. The molecule has 3 nitrogen and oxygen atoms in total. The van der Waals surface area contributed by atoms with Crippen LogP contribution in [0.2, 0.25) is 18.1 Å². The first-order valence-corrected chi connectivity index (χ1v) is 12.1. The van der Waals surface area contributed by atoms with Gasteiger partial charge in [0, 0.05) is 12.0 Å². The average Bonchev–Trinajstić information content (AvgIpc) is 2.42. The zero-order chi connectivity index (χ0) is 16.9. The van der Waals surface area contributed by atoms with E-state index in [-0.39, 0.29) is 5.04 Å². The van der Waals surface area contributed by atoms with Gasteiger partial charge in [-0.3, -0.25) is 0 Å². The van der Waals surface area contributed by atoms with Gasteiger partial charge in [0.2, 0.25) is 0 Å². The molecule has 0 spiro atoms. The quantitative estimate of drug-likeness (QED) is 0.530. The van der Waals surface area contributed by atoms with Gasteiger partial charge in [0.25, 0.3) is 0 Å². The van der Waals surface area contributed by atoms with Crippen molar-refractivity contribution in [2.45, 2.75) is 56.6 Å². The number of hydrogen-bond donors (Lipinski definition) is 0. The molecule has 22 heavy (non-hydrogen) atoms. The summed E-state index contributed by atoms with van der Waals surface area (Å²) in [6.07, 6.45) is 3.27. The van der Waals surface area contributed by atoms with Crippen LogP contribution in [0.25, 0.3) is 0 Å². The van der Waals surface area contributed by atoms with Gasteiger partial charge in [-0.1, -0.05) is 45.0 Å². The predicted molar refractivity (Wildman–Crippen MR) is 95.2 cm³/mol. The predicted octanol–water partition coefficient (Wildman–Crippen LogP) is 4.78. The number of benzene rings is 1. The molecule has 0 aromatic heterocycles. The highest BCUT2D eigenvalue weighted by Crippen LogP contribution is 2.36. The molecule has 0 bridgehead atoms. The topological polar surface area (TPSA) is 43.4 Å². The molecule has 0 fully saturated rings. The largest absolute Gasteiger partial charge is 0.417 e. The Morgan fingerprint density at radius 3 is 2.27 bits per heavy atom. The average molecular weight is 341 g/mol. The van der Waals surface area contributed by atoms with Crippen molar-refractivity contribution in [1.82, 2.24) is 0 Å². The van der Waals surface area contributed by atoms with E-state index in [1.54, 1.807) is 36.4 Å². The van der Waals surface area contributed by atoms with Crippen molar-refractivity contribution < 1.29 is 12.8 Å². The van der Waals surface area contributed by atoms with Crippen molar-refractivity contribution >= 4 is 18.2 Å². The molecule has 0 aliphatic rings. The van der Waals surface area contributed by atoms with Crippen molar-refractivity contribution in [1.29, 1.82) is 0 Å². The van der Waals surface area contributed by atoms with Crippen molar-refractivity contribution in [2.75, 3.05) is 6.61 Å². The molecule has 1 aromatic rings. The van der Waals surface area contributed by atoms with E-state index in [2.05, 4.69) is 33.9 Å². The monoisotopic (exact) mass is 340 g/mol. The molecule has 0 unspecified atom stereocenters. The summed E-state index contributed by atoms with van der Waals surface area (Å²) < 4.78 is 30.2. The van der Waals surface area contributed by atoms with Crippen molar-refractivity contribution in [2.24, 2.45) is 0 Å². The smallest absolute Gasteiger partial charge is 0.199 e. The minimum absolute atomic E-state index is 0.208. The normalized spacial score (nSPS) is 13.7. The lowest BCUT2D eigenvalue weighted by atomic mass is 10.2. The van der Waals surface area contributed by atoms with Crippen LogP contribution >= 0.6 is 0 Å². The van der Waals surface area contributed by atoms with Crippen LogP contribution in [0, 0.1) is 0 Å². The summed E-state index contributed by atoms with van der Waals surface area (Å²) in [5.41, 5.74) is 0. The summed E-state index contributed by atoms with van der Waals surface area (Å²) in [4.78, 5) is 0.337. The number of rotatable bonds is 7. The molecule has 1 rings (SSSR count). The SMILES string of the molecule is CC(C)(C)[Si](C)(C)OCCC/C=C/S(=O)(=O)c1ccccc1. The van der Waals surface area contributed by atoms with E-state index in [1.807, 2.05) is 0 Å². The molecule has 1 aromatic carbocycles. The maximum Gasteiger partial charge on any atom is 0.199 e. The molecule has 0 radical (unpaired) electrons. The molecule has 0 saturated heterocycles. The van der Waals surface area contributed by atoms with E-state index in [4.69, 9.17) is 4.43 Å². The summed E-state index contributed by atoms with van der Waals surface area (Å²) in [6, 6.07) is 8.49. The second-order valence-electron chi connectivity index (χ2n) is 6.98.